The Bertz CT molecular complexity index is 440. The summed E-state index contributed by atoms with van der Waals surface area (Å²) in [6.07, 6.45) is 3.88. The smallest absolute Gasteiger partial charge is 0.0488 e. The first-order valence-corrected chi connectivity index (χ1v) is 5.73. The topological polar surface area (TPSA) is 27.8 Å². The molecule has 1 heterocycles. The molecule has 0 bridgehead atoms. The summed E-state index contributed by atoms with van der Waals surface area (Å²) in [7, 11) is 0. The van der Waals surface area contributed by atoms with Crippen LogP contribution >= 0.6 is 27.5 Å². The van der Waals surface area contributed by atoms with Crippen LogP contribution in [0, 0.1) is 0 Å². The third kappa shape index (κ3) is 2.76. The van der Waals surface area contributed by atoms with Crippen molar-refractivity contribution < 1.29 is 0 Å². The molecule has 0 fully saturated rings. The van der Waals surface area contributed by atoms with E-state index in [1.165, 1.54) is 5.56 Å². The Hall–Kier alpha value is -0.930. The van der Waals surface area contributed by atoms with E-state index in [0.29, 0.717) is 0 Å². The minimum atomic E-state index is 0.731. The van der Waals surface area contributed by atoms with Gasteiger partial charge < -0.3 is 10.3 Å². The van der Waals surface area contributed by atoms with Crippen LogP contribution in [0.1, 0.15) is 5.56 Å². The zero-order valence-electron chi connectivity index (χ0n) is 7.93. The van der Waals surface area contributed by atoms with Crippen molar-refractivity contribution in [3.8, 4) is 0 Å². The molecule has 4 heteroatoms. The van der Waals surface area contributed by atoms with Crippen LogP contribution < -0.4 is 5.32 Å². The summed E-state index contributed by atoms with van der Waals surface area (Å²) >= 11 is 9.31. The van der Waals surface area contributed by atoms with Crippen LogP contribution in [0.25, 0.3) is 0 Å². The number of hydrogen-bond acceptors (Lipinski definition) is 1. The molecule has 0 spiro atoms. The van der Waals surface area contributed by atoms with Crippen molar-refractivity contribution in [3.63, 3.8) is 0 Å². The molecule has 0 unspecified atom stereocenters. The van der Waals surface area contributed by atoms with Gasteiger partial charge in [-0.15, -0.1) is 0 Å². The molecule has 1 aromatic heterocycles. The standard InChI is InChI=1S/C11H10BrClN2/c12-10-5-9(13)1-2-11(10)15-7-8-3-4-14-6-8/h1-6,14-15H,7H2. The molecule has 0 saturated heterocycles. The van der Waals surface area contributed by atoms with E-state index >= 15 is 0 Å². The molecule has 0 atom stereocenters. The Morgan fingerprint density at radius 1 is 1.33 bits per heavy atom. The van der Waals surface area contributed by atoms with Crippen LogP contribution in [0.2, 0.25) is 5.02 Å². The maximum atomic E-state index is 5.85. The van der Waals surface area contributed by atoms with Gasteiger partial charge in [-0.1, -0.05) is 11.6 Å². The van der Waals surface area contributed by atoms with Crippen LogP contribution in [0.4, 0.5) is 5.69 Å². The molecule has 2 N–H and O–H groups in total. The Morgan fingerprint density at radius 2 is 2.20 bits per heavy atom. The molecule has 0 aliphatic heterocycles. The molecule has 2 aromatic rings. The largest absolute Gasteiger partial charge is 0.380 e. The van der Waals surface area contributed by atoms with E-state index in [1.54, 1.807) is 0 Å². The fourth-order valence-electron chi connectivity index (χ4n) is 1.30. The third-order valence-electron chi connectivity index (χ3n) is 2.08. The van der Waals surface area contributed by atoms with Gasteiger partial charge in [-0.3, -0.25) is 0 Å². The second-order valence-corrected chi connectivity index (χ2v) is 4.49. The van der Waals surface area contributed by atoms with E-state index in [2.05, 4.69) is 26.2 Å². The predicted octanol–water partition coefficient (Wildman–Crippen LogP) is 4.04. The first-order valence-electron chi connectivity index (χ1n) is 4.56. The first kappa shape index (κ1) is 10.6. The van der Waals surface area contributed by atoms with Crippen LogP contribution in [0.3, 0.4) is 0 Å². The van der Waals surface area contributed by atoms with Crippen LogP contribution in [-0.2, 0) is 6.54 Å². The normalized spacial score (nSPS) is 10.3. The molecule has 2 rings (SSSR count). The second kappa shape index (κ2) is 4.73. The van der Waals surface area contributed by atoms with E-state index in [0.717, 1.165) is 21.7 Å². The number of aromatic nitrogens is 1. The summed E-state index contributed by atoms with van der Waals surface area (Å²) in [5, 5.41) is 4.05. The SMILES string of the molecule is Clc1ccc(NCc2cc[nH]c2)c(Br)c1. The molecule has 0 aliphatic rings. The molecule has 2 nitrogen and oxygen atoms in total. The highest BCUT2D eigenvalue weighted by Crippen LogP contribution is 2.26. The maximum absolute atomic E-state index is 5.85. The van der Waals surface area contributed by atoms with Crippen LogP contribution in [-0.4, -0.2) is 4.98 Å². The van der Waals surface area contributed by atoms with E-state index in [4.69, 9.17) is 11.6 Å². The van der Waals surface area contributed by atoms with Gasteiger partial charge in [-0.25, -0.2) is 0 Å². The van der Waals surface area contributed by atoms with Gasteiger partial charge in [0.15, 0.2) is 0 Å². The van der Waals surface area contributed by atoms with Crippen molar-refractivity contribution >= 4 is 33.2 Å². The lowest BCUT2D eigenvalue weighted by atomic mass is 10.3. The molecular formula is C11H10BrClN2. The minimum absolute atomic E-state index is 0.731. The molecular weight excluding hydrogens is 275 g/mol. The number of halogens is 2. The van der Waals surface area contributed by atoms with E-state index in [1.807, 2.05) is 36.7 Å². The van der Waals surface area contributed by atoms with Gasteiger partial charge in [0.1, 0.15) is 0 Å². The summed E-state index contributed by atoms with van der Waals surface area (Å²) in [4.78, 5) is 3.02. The Labute approximate surface area is 102 Å². The van der Waals surface area contributed by atoms with Gasteiger partial charge in [-0.05, 0) is 45.8 Å². The van der Waals surface area contributed by atoms with Gasteiger partial charge in [0.05, 0.1) is 0 Å². The molecule has 15 heavy (non-hydrogen) atoms. The van der Waals surface area contributed by atoms with Crippen molar-refractivity contribution in [2.45, 2.75) is 6.54 Å². The summed E-state index contributed by atoms with van der Waals surface area (Å²) in [6.45, 7) is 0.795. The van der Waals surface area contributed by atoms with Crippen molar-refractivity contribution in [1.29, 1.82) is 0 Å². The van der Waals surface area contributed by atoms with Gasteiger partial charge in [-0.2, -0.15) is 0 Å². The monoisotopic (exact) mass is 284 g/mol. The average Bonchev–Trinajstić information content (AvgIpc) is 2.69. The number of aromatic amines is 1. The zero-order valence-corrected chi connectivity index (χ0v) is 10.3. The molecule has 0 radical (unpaired) electrons. The van der Waals surface area contributed by atoms with E-state index < -0.39 is 0 Å². The predicted molar refractivity (Wildman–Crippen MR) is 67.3 cm³/mol. The van der Waals surface area contributed by atoms with Crippen LogP contribution in [0.5, 0.6) is 0 Å². The quantitative estimate of drug-likeness (QED) is 0.875. The zero-order chi connectivity index (χ0) is 10.7. The Morgan fingerprint density at radius 3 is 2.87 bits per heavy atom. The molecule has 0 aliphatic carbocycles. The lowest BCUT2D eigenvalue weighted by Crippen LogP contribution is -1.98. The summed E-state index contributed by atoms with van der Waals surface area (Å²) in [5.74, 6) is 0. The Balaban J connectivity index is 2.05. The lowest BCUT2D eigenvalue weighted by Gasteiger charge is -2.07. The Kier molecular flexibility index (Phi) is 3.34. The van der Waals surface area contributed by atoms with Gasteiger partial charge >= 0.3 is 0 Å². The van der Waals surface area contributed by atoms with Crippen molar-refractivity contribution in [2.75, 3.05) is 5.32 Å². The highest BCUT2D eigenvalue weighted by Gasteiger charge is 2.00. The number of benzene rings is 1. The summed E-state index contributed by atoms with van der Waals surface area (Å²) in [5.41, 5.74) is 2.26. The second-order valence-electron chi connectivity index (χ2n) is 3.20. The maximum Gasteiger partial charge on any atom is 0.0488 e. The molecule has 1 aromatic carbocycles. The molecule has 78 valence electrons. The summed E-state index contributed by atoms with van der Waals surface area (Å²) < 4.78 is 0.977. The lowest BCUT2D eigenvalue weighted by molar-refractivity contribution is 1.15. The number of nitrogens with one attached hydrogen (secondary N) is 2. The highest BCUT2D eigenvalue weighted by atomic mass is 79.9. The first-order chi connectivity index (χ1) is 7.25. The minimum Gasteiger partial charge on any atom is -0.380 e. The number of anilines is 1. The third-order valence-corrected chi connectivity index (χ3v) is 2.97. The van der Waals surface area contributed by atoms with Crippen molar-refractivity contribution in [1.82, 2.24) is 4.98 Å². The molecule has 0 saturated carbocycles. The van der Waals surface area contributed by atoms with Crippen LogP contribution in [0.15, 0.2) is 41.1 Å². The highest BCUT2D eigenvalue weighted by molar-refractivity contribution is 9.10. The number of rotatable bonds is 3. The summed E-state index contributed by atoms with van der Waals surface area (Å²) in [6, 6.07) is 7.74. The van der Waals surface area contributed by atoms with Gasteiger partial charge in [0.2, 0.25) is 0 Å². The fourth-order valence-corrected chi connectivity index (χ4v) is 2.12. The van der Waals surface area contributed by atoms with E-state index in [9.17, 15) is 0 Å². The fraction of sp³-hybridized carbons (Fsp3) is 0.0909. The van der Waals surface area contributed by atoms with Gasteiger partial charge in [0.25, 0.3) is 0 Å². The van der Waals surface area contributed by atoms with Crippen molar-refractivity contribution in [2.24, 2.45) is 0 Å². The van der Waals surface area contributed by atoms with E-state index in [-0.39, 0.29) is 0 Å². The van der Waals surface area contributed by atoms with Gasteiger partial charge in [0, 0.05) is 34.1 Å². The average molecular weight is 286 g/mol. The number of hydrogen-bond donors (Lipinski definition) is 2. The number of H-pyrrole nitrogens is 1. The molecule has 0 amide bonds. The van der Waals surface area contributed by atoms with Crippen molar-refractivity contribution in [3.05, 3.63) is 51.7 Å².